The molecule has 1 aliphatic carbocycles. The van der Waals surface area contributed by atoms with Crippen LogP contribution in [0.2, 0.25) is 0 Å². The summed E-state index contributed by atoms with van der Waals surface area (Å²) in [4.78, 5) is 4.21. The average Bonchev–Trinajstić information content (AvgIpc) is 3.24. The van der Waals surface area contributed by atoms with E-state index in [-0.39, 0.29) is 5.41 Å². The first-order valence-electron chi connectivity index (χ1n) is 9.14. The van der Waals surface area contributed by atoms with E-state index in [0.717, 1.165) is 23.5 Å². The van der Waals surface area contributed by atoms with E-state index in [2.05, 4.69) is 51.9 Å². The lowest BCUT2D eigenvalue weighted by Crippen LogP contribution is -2.35. The first-order valence-corrected chi connectivity index (χ1v) is 9.14. The van der Waals surface area contributed by atoms with Gasteiger partial charge >= 0.3 is 0 Å². The van der Waals surface area contributed by atoms with Crippen LogP contribution in [0.25, 0.3) is 11.3 Å². The second-order valence-electron chi connectivity index (χ2n) is 7.33. The molecule has 0 spiro atoms. The van der Waals surface area contributed by atoms with E-state index in [1.165, 1.54) is 43.5 Å². The smallest absolute Gasteiger partial charge is 0.0939 e. The fourth-order valence-electron chi connectivity index (χ4n) is 4.12. The quantitative estimate of drug-likeness (QED) is 0.778. The van der Waals surface area contributed by atoms with E-state index in [1.807, 2.05) is 12.3 Å². The summed E-state index contributed by atoms with van der Waals surface area (Å²) in [6.45, 7) is 5.12. The summed E-state index contributed by atoms with van der Waals surface area (Å²) in [7, 11) is 0. The van der Waals surface area contributed by atoms with Crippen molar-refractivity contribution in [3.63, 3.8) is 0 Å². The third-order valence-electron chi connectivity index (χ3n) is 5.47. The first kappa shape index (κ1) is 16.1. The maximum Gasteiger partial charge on any atom is 0.0939 e. The fraction of sp³-hybridized carbons (Fsp3) is 0.450. The van der Waals surface area contributed by atoms with Gasteiger partial charge in [0.1, 0.15) is 0 Å². The van der Waals surface area contributed by atoms with Crippen molar-refractivity contribution in [3.05, 3.63) is 53.7 Å². The Balaban J connectivity index is 1.69. The van der Waals surface area contributed by atoms with Crippen LogP contribution in [0.3, 0.4) is 0 Å². The zero-order chi connectivity index (χ0) is 17.3. The van der Waals surface area contributed by atoms with Gasteiger partial charge in [-0.25, -0.2) is 0 Å². The van der Waals surface area contributed by atoms with Crippen molar-refractivity contribution in [1.29, 1.82) is 0 Å². The minimum Gasteiger partial charge on any atom is -0.281 e. The van der Waals surface area contributed by atoms with Gasteiger partial charge in [-0.05, 0) is 51.0 Å². The molecule has 0 bridgehead atoms. The van der Waals surface area contributed by atoms with Gasteiger partial charge in [0.2, 0.25) is 0 Å². The van der Waals surface area contributed by atoms with Crippen LogP contribution in [-0.4, -0.2) is 25.0 Å². The molecular weight excluding hydrogens is 310 g/mol. The van der Waals surface area contributed by atoms with Crippen molar-refractivity contribution >= 4 is 0 Å². The molecule has 1 fully saturated rings. The Morgan fingerprint density at radius 3 is 2.68 bits per heavy atom. The number of pyridine rings is 1. The lowest BCUT2D eigenvalue weighted by molar-refractivity contribution is 0.238. The Hall–Kier alpha value is -2.43. The molecule has 130 valence electrons. The van der Waals surface area contributed by atoms with Crippen molar-refractivity contribution in [2.24, 2.45) is 0 Å². The van der Waals surface area contributed by atoms with Gasteiger partial charge < -0.3 is 0 Å². The number of aromatic nitrogens is 5. The number of nitrogens with zero attached hydrogens (tertiary/aromatic N) is 4. The van der Waals surface area contributed by atoms with Crippen LogP contribution >= 0.6 is 0 Å². The lowest BCUT2D eigenvalue weighted by Gasteiger charge is -2.36. The molecule has 3 aromatic heterocycles. The summed E-state index contributed by atoms with van der Waals surface area (Å²) in [5.41, 5.74) is 5.68. The molecule has 1 aliphatic rings. The number of hydrogen-bond donors (Lipinski definition) is 1. The number of nitrogens with one attached hydrogen (secondary N) is 1. The highest BCUT2D eigenvalue weighted by Crippen LogP contribution is 2.41. The monoisotopic (exact) mass is 335 g/mol. The van der Waals surface area contributed by atoms with E-state index in [0.29, 0.717) is 0 Å². The SMILES string of the molecule is Cc1cc(C)n(CC2(c3cc(-c4cccnc4)n[nH]3)CCCCC2)n1. The largest absolute Gasteiger partial charge is 0.281 e. The number of aryl methyl sites for hydroxylation is 2. The first-order chi connectivity index (χ1) is 12.2. The van der Waals surface area contributed by atoms with Crippen LogP contribution in [0.5, 0.6) is 0 Å². The molecule has 0 saturated heterocycles. The van der Waals surface area contributed by atoms with Gasteiger partial charge in [-0.3, -0.25) is 14.8 Å². The molecule has 0 unspecified atom stereocenters. The third kappa shape index (κ3) is 3.11. The molecule has 0 radical (unpaired) electrons. The Bertz CT molecular complexity index is 840. The summed E-state index contributed by atoms with van der Waals surface area (Å²) in [6.07, 6.45) is 9.88. The molecule has 0 atom stereocenters. The molecule has 5 heteroatoms. The highest BCUT2D eigenvalue weighted by molar-refractivity contribution is 5.58. The molecule has 0 aliphatic heterocycles. The van der Waals surface area contributed by atoms with Gasteiger partial charge in [0.15, 0.2) is 0 Å². The number of H-pyrrole nitrogens is 1. The van der Waals surface area contributed by atoms with Gasteiger partial charge in [-0.15, -0.1) is 0 Å². The van der Waals surface area contributed by atoms with Gasteiger partial charge in [0.25, 0.3) is 0 Å². The predicted octanol–water partition coefficient (Wildman–Crippen LogP) is 4.19. The van der Waals surface area contributed by atoms with Crippen molar-refractivity contribution in [2.75, 3.05) is 0 Å². The second kappa shape index (κ2) is 6.47. The Morgan fingerprint density at radius 2 is 2.00 bits per heavy atom. The summed E-state index contributed by atoms with van der Waals surface area (Å²) in [6, 6.07) is 8.38. The summed E-state index contributed by atoms with van der Waals surface area (Å²) in [5, 5.41) is 12.6. The van der Waals surface area contributed by atoms with Gasteiger partial charge in [-0.1, -0.05) is 19.3 Å². The summed E-state index contributed by atoms with van der Waals surface area (Å²) in [5.74, 6) is 0. The maximum absolute atomic E-state index is 4.71. The topological polar surface area (TPSA) is 59.4 Å². The van der Waals surface area contributed by atoms with Crippen molar-refractivity contribution < 1.29 is 0 Å². The van der Waals surface area contributed by atoms with Crippen molar-refractivity contribution in [1.82, 2.24) is 25.0 Å². The van der Waals surface area contributed by atoms with E-state index >= 15 is 0 Å². The standard InChI is InChI=1S/C20H25N5/c1-15-11-16(2)25(24-15)14-20(8-4-3-5-9-20)19-12-18(22-23-19)17-7-6-10-21-13-17/h6-7,10-13H,3-5,8-9,14H2,1-2H3,(H,22,23). The molecule has 25 heavy (non-hydrogen) atoms. The lowest BCUT2D eigenvalue weighted by atomic mass is 9.71. The normalized spacial score (nSPS) is 16.9. The van der Waals surface area contributed by atoms with Crippen molar-refractivity contribution in [3.8, 4) is 11.3 Å². The second-order valence-corrected chi connectivity index (χ2v) is 7.33. The van der Waals surface area contributed by atoms with Crippen LogP contribution in [-0.2, 0) is 12.0 Å². The molecule has 0 aromatic carbocycles. The molecule has 0 amide bonds. The van der Waals surface area contributed by atoms with Crippen molar-refractivity contribution in [2.45, 2.75) is 57.9 Å². The number of rotatable bonds is 4. The Kier molecular flexibility index (Phi) is 4.15. The van der Waals surface area contributed by atoms with Crippen LogP contribution in [0.4, 0.5) is 0 Å². The summed E-state index contributed by atoms with van der Waals surface area (Å²) >= 11 is 0. The molecule has 3 aromatic rings. The molecular formula is C20H25N5. The van der Waals surface area contributed by atoms with E-state index in [9.17, 15) is 0 Å². The maximum atomic E-state index is 4.71. The summed E-state index contributed by atoms with van der Waals surface area (Å²) < 4.78 is 2.17. The van der Waals surface area contributed by atoms with Gasteiger partial charge in [-0.2, -0.15) is 10.2 Å². The Labute approximate surface area is 148 Å². The predicted molar refractivity (Wildman–Crippen MR) is 98.3 cm³/mol. The zero-order valence-electron chi connectivity index (χ0n) is 15.0. The van der Waals surface area contributed by atoms with E-state index in [1.54, 1.807) is 6.20 Å². The Morgan fingerprint density at radius 1 is 1.16 bits per heavy atom. The van der Waals surface area contributed by atoms with Gasteiger partial charge in [0.05, 0.1) is 17.9 Å². The minimum absolute atomic E-state index is 0.0922. The van der Waals surface area contributed by atoms with Crippen LogP contribution in [0, 0.1) is 13.8 Å². The molecule has 3 heterocycles. The van der Waals surface area contributed by atoms with Crippen LogP contribution in [0.1, 0.15) is 49.2 Å². The third-order valence-corrected chi connectivity index (χ3v) is 5.47. The molecule has 1 N–H and O–H groups in total. The van der Waals surface area contributed by atoms with E-state index < -0.39 is 0 Å². The number of aromatic amines is 1. The minimum atomic E-state index is 0.0922. The zero-order valence-corrected chi connectivity index (χ0v) is 15.0. The van der Waals surface area contributed by atoms with Gasteiger partial charge in [0, 0.05) is 34.8 Å². The van der Waals surface area contributed by atoms with Crippen LogP contribution in [0.15, 0.2) is 36.7 Å². The highest BCUT2D eigenvalue weighted by atomic mass is 15.3. The molecule has 5 nitrogen and oxygen atoms in total. The molecule has 4 rings (SSSR count). The fourth-order valence-corrected chi connectivity index (χ4v) is 4.12. The average molecular weight is 335 g/mol. The van der Waals surface area contributed by atoms with E-state index in [4.69, 9.17) is 5.10 Å². The number of hydrogen-bond acceptors (Lipinski definition) is 3. The highest BCUT2D eigenvalue weighted by Gasteiger charge is 2.37. The van der Waals surface area contributed by atoms with Crippen LogP contribution < -0.4 is 0 Å². The molecule has 1 saturated carbocycles.